The molecule has 0 saturated carbocycles. The molecular weight excluding hydrogens is 251 g/mol. The van der Waals surface area contributed by atoms with Crippen molar-refractivity contribution in [2.24, 2.45) is 0 Å². The predicted octanol–water partition coefficient (Wildman–Crippen LogP) is 1.36. The smallest absolute Gasteiger partial charge is 0.317 e. The molecule has 0 fully saturated rings. The van der Waals surface area contributed by atoms with E-state index in [0.29, 0.717) is 17.9 Å². The fourth-order valence-electron chi connectivity index (χ4n) is 1.65. The summed E-state index contributed by atoms with van der Waals surface area (Å²) in [5.74, 6) is -0.00161. The number of benzene rings is 1. The highest BCUT2D eigenvalue weighted by Gasteiger charge is 2.10. The maximum Gasteiger partial charge on any atom is 0.317 e. The predicted molar refractivity (Wildman–Crippen MR) is 69.5 cm³/mol. The molecule has 0 atom stereocenters. The number of rotatable bonds is 6. The van der Waals surface area contributed by atoms with Gasteiger partial charge in [0, 0.05) is 25.7 Å². The SMILES string of the molecule is CCN(CCO)C(=O)NCc1cc(F)cc(OC)c1. The van der Waals surface area contributed by atoms with Gasteiger partial charge in [-0.1, -0.05) is 0 Å². The summed E-state index contributed by atoms with van der Waals surface area (Å²) in [4.78, 5) is 13.2. The second-order valence-electron chi connectivity index (χ2n) is 3.96. The van der Waals surface area contributed by atoms with Crippen molar-refractivity contribution in [2.75, 3.05) is 26.8 Å². The molecule has 19 heavy (non-hydrogen) atoms. The van der Waals surface area contributed by atoms with Crippen LogP contribution < -0.4 is 10.1 Å². The summed E-state index contributed by atoms with van der Waals surface area (Å²) in [7, 11) is 1.46. The zero-order valence-electron chi connectivity index (χ0n) is 11.1. The number of aliphatic hydroxyl groups is 1. The summed E-state index contributed by atoms with van der Waals surface area (Å²) >= 11 is 0. The standard InChI is InChI=1S/C13H19FN2O3/c1-3-16(4-5-17)13(18)15-9-10-6-11(14)8-12(7-10)19-2/h6-8,17H,3-5,9H2,1-2H3,(H,15,18). The first-order chi connectivity index (χ1) is 9.10. The van der Waals surface area contributed by atoms with Crippen LogP contribution in [0, 0.1) is 5.82 Å². The second-order valence-corrected chi connectivity index (χ2v) is 3.96. The molecular formula is C13H19FN2O3. The van der Waals surface area contributed by atoms with Crippen molar-refractivity contribution in [3.63, 3.8) is 0 Å². The van der Waals surface area contributed by atoms with Crippen molar-refractivity contribution in [3.8, 4) is 5.75 Å². The molecule has 1 aromatic carbocycles. The molecule has 0 spiro atoms. The first-order valence-electron chi connectivity index (χ1n) is 6.07. The number of halogens is 1. The number of nitrogens with one attached hydrogen (secondary N) is 1. The molecule has 6 heteroatoms. The fraction of sp³-hybridized carbons (Fsp3) is 0.462. The van der Waals surface area contributed by atoms with Crippen molar-refractivity contribution in [3.05, 3.63) is 29.6 Å². The van der Waals surface area contributed by atoms with Gasteiger partial charge in [0.1, 0.15) is 11.6 Å². The van der Waals surface area contributed by atoms with Crippen LogP contribution in [-0.2, 0) is 6.54 Å². The second kappa shape index (κ2) is 7.58. The van der Waals surface area contributed by atoms with Gasteiger partial charge in [0.15, 0.2) is 0 Å². The average molecular weight is 270 g/mol. The van der Waals surface area contributed by atoms with Gasteiger partial charge in [0.2, 0.25) is 0 Å². The minimum absolute atomic E-state index is 0.0882. The molecule has 0 aliphatic rings. The maximum absolute atomic E-state index is 13.2. The highest BCUT2D eigenvalue weighted by Crippen LogP contribution is 2.15. The van der Waals surface area contributed by atoms with Crippen LogP contribution in [0.1, 0.15) is 12.5 Å². The van der Waals surface area contributed by atoms with E-state index in [9.17, 15) is 9.18 Å². The number of amides is 2. The number of carbonyl (C=O) groups excluding carboxylic acids is 1. The third-order valence-electron chi connectivity index (χ3n) is 2.65. The molecule has 0 heterocycles. The van der Waals surface area contributed by atoms with E-state index in [-0.39, 0.29) is 25.7 Å². The van der Waals surface area contributed by atoms with Gasteiger partial charge >= 0.3 is 6.03 Å². The van der Waals surface area contributed by atoms with Gasteiger partial charge in [-0.25, -0.2) is 9.18 Å². The molecule has 2 N–H and O–H groups in total. The number of ether oxygens (including phenoxy) is 1. The lowest BCUT2D eigenvalue weighted by atomic mass is 10.2. The zero-order valence-corrected chi connectivity index (χ0v) is 11.1. The van der Waals surface area contributed by atoms with Crippen LogP contribution in [0.4, 0.5) is 9.18 Å². The van der Waals surface area contributed by atoms with E-state index in [1.807, 2.05) is 6.92 Å². The molecule has 5 nitrogen and oxygen atoms in total. The van der Waals surface area contributed by atoms with Gasteiger partial charge < -0.3 is 20.1 Å². The van der Waals surface area contributed by atoms with Crippen LogP contribution in [0.5, 0.6) is 5.75 Å². The number of urea groups is 1. The molecule has 0 aliphatic heterocycles. The highest BCUT2D eigenvalue weighted by molar-refractivity contribution is 5.74. The van der Waals surface area contributed by atoms with E-state index in [2.05, 4.69) is 5.32 Å². The molecule has 0 aliphatic carbocycles. The molecule has 0 bridgehead atoms. The van der Waals surface area contributed by atoms with Gasteiger partial charge in [0.25, 0.3) is 0 Å². The van der Waals surface area contributed by atoms with Crippen molar-refractivity contribution >= 4 is 6.03 Å². The summed E-state index contributed by atoms with van der Waals surface area (Å²) in [5, 5.41) is 11.5. The Hall–Kier alpha value is -1.82. The Labute approximate surface area is 112 Å². The third kappa shape index (κ3) is 4.75. The first kappa shape index (κ1) is 15.2. The summed E-state index contributed by atoms with van der Waals surface area (Å²) in [6.07, 6.45) is 0. The average Bonchev–Trinajstić information content (AvgIpc) is 2.41. The van der Waals surface area contributed by atoms with E-state index < -0.39 is 5.82 Å². The van der Waals surface area contributed by atoms with Crippen LogP contribution >= 0.6 is 0 Å². The monoisotopic (exact) mass is 270 g/mol. The van der Waals surface area contributed by atoms with E-state index in [1.165, 1.54) is 24.1 Å². The van der Waals surface area contributed by atoms with Crippen LogP contribution in [-0.4, -0.2) is 42.8 Å². The number of hydrogen-bond acceptors (Lipinski definition) is 3. The number of carbonyl (C=O) groups is 1. The molecule has 0 saturated heterocycles. The summed E-state index contributed by atoms with van der Waals surface area (Å²) < 4.78 is 18.2. The van der Waals surface area contributed by atoms with Crippen LogP contribution in [0.3, 0.4) is 0 Å². The Morgan fingerprint density at radius 2 is 2.21 bits per heavy atom. The van der Waals surface area contributed by atoms with Gasteiger partial charge in [-0.15, -0.1) is 0 Å². The Morgan fingerprint density at radius 1 is 1.47 bits per heavy atom. The summed E-state index contributed by atoms with van der Waals surface area (Å²) in [6.45, 7) is 2.71. The van der Waals surface area contributed by atoms with Gasteiger partial charge in [0.05, 0.1) is 13.7 Å². The van der Waals surface area contributed by atoms with Crippen LogP contribution in [0.25, 0.3) is 0 Å². The summed E-state index contributed by atoms with van der Waals surface area (Å²) in [5.41, 5.74) is 0.616. The Bertz CT molecular complexity index is 426. The van der Waals surface area contributed by atoms with Crippen LogP contribution in [0.15, 0.2) is 18.2 Å². The molecule has 0 aromatic heterocycles. The molecule has 0 unspecified atom stereocenters. The lowest BCUT2D eigenvalue weighted by Gasteiger charge is -2.20. The molecule has 2 amide bonds. The van der Waals surface area contributed by atoms with E-state index >= 15 is 0 Å². The van der Waals surface area contributed by atoms with E-state index in [4.69, 9.17) is 9.84 Å². The first-order valence-corrected chi connectivity index (χ1v) is 6.07. The van der Waals surface area contributed by atoms with Crippen LogP contribution in [0.2, 0.25) is 0 Å². The minimum atomic E-state index is -0.411. The minimum Gasteiger partial charge on any atom is -0.497 e. The summed E-state index contributed by atoms with van der Waals surface area (Å²) in [6, 6.07) is 3.98. The van der Waals surface area contributed by atoms with Gasteiger partial charge in [-0.05, 0) is 24.6 Å². The van der Waals surface area contributed by atoms with Crippen molar-refractivity contribution in [1.29, 1.82) is 0 Å². The molecule has 1 rings (SSSR count). The number of methoxy groups -OCH3 is 1. The molecule has 1 aromatic rings. The zero-order chi connectivity index (χ0) is 14.3. The normalized spacial score (nSPS) is 10.1. The lowest BCUT2D eigenvalue weighted by Crippen LogP contribution is -2.41. The van der Waals surface area contributed by atoms with Crippen molar-refractivity contribution < 1.29 is 19.0 Å². The molecule has 106 valence electrons. The van der Waals surface area contributed by atoms with E-state index in [1.54, 1.807) is 6.07 Å². The van der Waals surface area contributed by atoms with Gasteiger partial charge in [-0.3, -0.25) is 0 Å². The largest absolute Gasteiger partial charge is 0.497 e. The quantitative estimate of drug-likeness (QED) is 0.820. The Kier molecular flexibility index (Phi) is 6.08. The van der Waals surface area contributed by atoms with Crippen molar-refractivity contribution in [1.82, 2.24) is 10.2 Å². The maximum atomic E-state index is 13.2. The third-order valence-corrected chi connectivity index (χ3v) is 2.65. The Morgan fingerprint density at radius 3 is 2.79 bits per heavy atom. The lowest BCUT2D eigenvalue weighted by molar-refractivity contribution is 0.180. The number of likely N-dealkylation sites (N-methyl/N-ethyl adjacent to an activating group) is 1. The highest BCUT2D eigenvalue weighted by atomic mass is 19.1. The van der Waals surface area contributed by atoms with E-state index in [0.717, 1.165) is 0 Å². The van der Waals surface area contributed by atoms with Crippen molar-refractivity contribution in [2.45, 2.75) is 13.5 Å². The van der Waals surface area contributed by atoms with Gasteiger partial charge in [-0.2, -0.15) is 0 Å². The topological polar surface area (TPSA) is 61.8 Å². The fourth-order valence-corrected chi connectivity index (χ4v) is 1.65. The Balaban J connectivity index is 2.60. The number of aliphatic hydroxyl groups excluding tert-OH is 1. The number of hydrogen-bond donors (Lipinski definition) is 2. The molecule has 0 radical (unpaired) electrons. The number of nitrogens with zero attached hydrogens (tertiary/aromatic N) is 1.